The van der Waals surface area contributed by atoms with Crippen LogP contribution in [0.4, 0.5) is 0 Å². The van der Waals surface area contributed by atoms with Gasteiger partial charge in [0, 0.05) is 18.7 Å². The second-order valence-corrected chi connectivity index (χ2v) is 4.32. The third-order valence-electron chi connectivity index (χ3n) is 3.19. The fourth-order valence-corrected chi connectivity index (χ4v) is 2.42. The highest BCUT2D eigenvalue weighted by molar-refractivity contribution is 5.87. The zero-order chi connectivity index (χ0) is 12.4. The van der Waals surface area contributed by atoms with Crippen LogP contribution in [-0.4, -0.2) is 24.8 Å². The molecule has 0 spiro atoms. The van der Waals surface area contributed by atoms with E-state index in [4.69, 9.17) is 4.84 Å². The van der Waals surface area contributed by atoms with Crippen LogP contribution in [0.15, 0.2) is 42.5 Å². The first-order valence-corrected chi connectivity index (χ1v) is 6.39. The van der Waals surface area contributed by atoms with Crippen LogP contribution in [0.25, 0.3) is 10.8 Å². The van der Waals surface area contributed by atoms with Gasteiger partial charge in [0.25, 0.3) is 0 Å². The van der Waals surface area contributed by atoms with Crippen molar-refractivity contribution in [3.05, 3.63) is 54.2 Å². The van der Waals surface area contributed by atoms with Crippen molar-refractivity contribution in [2.75, 3.05) is 19.7 Å². The number of hydrogen-bond donors (Lipinski definition) is 1. The molecular formula is C15H17N2O. The van der Waals surface area contributed by atoms with E-state index >= 15 is 0 Å². The molecule has 0 aromatic heterocycles. The van der Waals surface area contributed by atoms with Gasteiger partial charge in [-0.3, -0.25) is 10.2 Å². The molecule has 0 unspecified atom stereocenters. The normalized spacial score (nSPS) is 17.6. The second-order valence-electron chi connectivity index (χ2n) is 4.32. The van der Waals surface area contributed by atoms with Crippen molar-refractivity contribution in [1.82, 2.24) is 10.4 Å². The minimum absolute atomic E-state index is 0.690. The number of benzene rings is 2. The largest absolute Gasteiger partial charge is 0.297 e. The molecule has 0 saturated carbocycles. The molecule has 1 aliphatic rings. The predicted octanol–water partition coefficient (Wildman–Crippen LogP) is 2.53. The Bertz CT molecular complexity index is 536. The van der Waals surface area contributed by atoms with Gasteiger partial charge in [0.05, 0.1) is 6.61 Å². The van der Waals surface area contributed by atoms with Crippen LogP contribution in [0, 0.1) is 6.17 Å². The van der Waals surface area contributed by atoms with Gasteiger partial charge in [-0.15, -0.1) is 0 Å². The van der Waals surface area contributed by atoms with Crippen molar-refractivity contribution in [2.45, 2.75) is 6.92 Å². The molecule has 93 valence electrons. The molecule has 3 heteroatoms. The van der Waals surface area contributed by atoms with Gasteiger partial charge in [-0.05, 0) is 17.7 Å². The van der Waals surface area contributed by atoms with E-state index in [-0.39, 0.29) is 0 Å². The van der Waals surface area contributed by atoms with E-state index in [1.807, 2.05) is 12.0 Å². The van der Waals surface area contributed by atoms with Gasteiger partial charge in [-0.2, -0.15) is 5.06 Å². The molecule has 0 bridgehead atoms. The second kappa shape index (κ2) is 5.06. The van der Waals surface area contributed by atoms with Crippen LogP contribution in [0.5, 0.6) is 0 Å². The molecule has 1 aliphatic heterocycles. The van der Waals surface area contributed by atoms with E-state index in [9.17, 15) is 0 Å². The topological polar surface area (TPSA) is 24.5 Å². The first-order valence-electron chi connectivity index (χ1n) is 6.39. The van der Waals surface area contributed by atoms with Gasteiger partial charge in [-0.25, -0.2) is 0 Å². The van der Waals surface area contributed by atoms with E-state index in [0.717, 1.165) is 19.3 Å². The summed E-state index contributed by atoms with van der Waals surface area (Å²) in [5.74, 6) is 0. The Balaban J connectivity index is 2.03. The van der Waals surface area contributed by atoms with Crippen LogP contribution in [0.3, 0.4) is 0 Å². The molecular weight excluding hydrogens is 224 g/mol. The Kier molecular flexibility index (Phi) is 3.28. The molecule has 1 heterocycles. The van der Waals surface area contributed by atoms with Crippen molar-refractivity contribution in [3.63, 3.8) is 0 Å². The summed E-state index contributed by atoms with van der Waals surface area (Å²) >= 11 is 0. The summed E-state index contributed by atoms with van der Waals surface area (Å²) in [6.45, 7) is 4.53. The molecule has 3 nitrogen and oxygen atoms in total. The summed E-state index contributed by atoms with van der Waals surface area (Å²) in [5, 5.41) is 7.89. The van der Waals surface area contributed by atoms with Gasteiger partial charge in [0.15, 0.2) is 6.17 Å². The number of hydroxylamine groups is 2. The molecule has 18 heavy (non-hydrogen) atoms. The van der Waals surface area contributed by atoms with Crippen LogP contribution >= 0.6 is 0 Å². The van der Waals surface area contributed by atoms with Crippen molar-refractivity contribution in [2.24, 2.45) is 0 Å². The average Bonchev–Trinajstić information content (AvgIpc) is 2.87. The quantitative estimate of drug-likeness (QED) is 0.893. The fraction of sp³-hybridized carbons (Fsp3) is 0.267. The average molecular weight is 241 g/mol. The summed E-state index contributed by atoms with van der Waals surface area (Å²) in [6.07, 6.45) is 1.08. The minimum atomic E-state index is 0.690. The molecule has 1 fully saturated rings. The lowest BCUT2D eigenvalue weighted by molar-refractivity contribution is -0.129. The molecule has 2 aromatic carbocycles. The van der Waals surface area contributed by atoms with Gasteiger partial charge >= 0.3 is 0 Å². The monoisotopic (exact) mass is 241 g/mol. The van der Waals surface area contributed by atoms with E-state index in [1.54, 1.807) is 0 Å². The maximum Gasteiger partial charge on any atom is 0.160 e. The van der Waals surface area contributed by atoms with Crippen LogP contribution in [0.2, 0.25) is 0 Å². The highest BCUT2D eigenvalue weighted by Gasteiger charge is 2.28. The lowest BCUT2D eigenvalue weighted by Gasteiger charge is -2.22. The zero-order valence-electron chi connectivity index (χ0n) is 10.5. The molecule has 0 amide bonds. The summed E-state index contributed by atoms with van der Waals surface area (Å²) < 4.78 is 0. The smallest absolute Gasteiger partial charge is 0.160 e. The van der Waals surface area contributed by atoms with Crippen LogP contribution in [-0.2, 0) is 4.84 Å². The summed E-state index contributed by atoms with van der Waals surface area (Å²) in [6, 6.07) is 14.8. The van der Waals surface area contributed by atoms with Crippen LogP contribution in [0.1, 0.15) is 12.5 Å². The first-order chi connectivity index (χ1) is 8.90. The molecule has 3 rings (SSSR count). The maximum absolute atomic E-state index is 5.65. The van der Waals surface area contributed by atoms with Crippen molar-refractivity contribution in [3.8, 4) is 0 Å². The summed E-state index contributed by atoms with van der Waals surface area (Å²) in [4.78, 5) is 5.65. The van der Waals surface area contributed by atoms with Gasteiger partial charge in [0.2, 0.25) is 0 Å². The number of hydrogen-bond acceptors (Lipinski definition) is 3. The zero-order valence-corrected chi connectivity index (χ0v) is 10.5. The van der Waals surface area contributed by atoms with E-state index < -0.39 is 0 Å². The Morgan fingerprint density at radius 1 is 1.17 bits per heavy atom. The Morgan fingerprint density at radius 2 is 2.00 bits per heavy atom. The molecule has 1 saturated heterocycles. The van der Waals surface area contributed by atoms with E-state index in [2.05, 4.69) is 47.8 Å². The SMILES string of the molecule is CCON1CCN[C]1c1cccc2ccccc12. The summed E-state index contributed by atoms with van der Waals surface area (Å²) in [5.41, 5.74) is 1.21. The molecule has 0 aliphatic carbocycles. The molecule has 2 aromatic rings. The predicted molar refractivity (Wildman–Crippen MR) is 72.6 cm³/mol. The van der Waals surface area contributed by atoms with E-state index in [0.29, 0.717) is 6.61 Å². The lowest BCUT2D eigenvalue weighted by Crippen LogP contribution is -2.28. The Hall–Kier alpha value is -1.42. The Morgan fingerprint density at radius 3 is 2.89 bits per heavy atom. The maximum atomic E-state index is 5.65. The highest BCUT2D eigenvalue weighted by atomic mass is 16.7. The molecule has 1 radical (unpaired) electrons. The lowest BCUT2D eigenvalue weighted by atomic mass is 10.0. The Labute approximate surface area is 107 Å². The fourth-order valence-electron chi connectivity index (χ4n) is 2.42. The van der Waals surface area contributed by atoms with Crippen LogP contribution < -0.4 is 5.32 Å². The third kappa shape index (κ3) is 2.01. The van der Waals surface area contributed by atoms with Gasteiger partial charge in [0.1, 0.15) is 0 Å². The molecule has 0 atom stereocenters. The number of fused-ring (bicyclic) bond motifs is 1. The minimum Gasteiger partial charge on any atom is -0.297 e. The number of nitrogens with one attached hydrogen (secondary N) is 1. The first kappa shape index (κ1) is 11.7. The van der Waals surface area contributed by atoms with Gasteiger partial charge < -0.3 is 0 Å². The van der Waals surface area contributed by atoms with E-state index in [1.165, 1.54) is 16.3 Å². The highest BCUT2D eigenvalue weighted by Crippen LogP contribution is 2.28. The van der Waals surface area contributed by atoms with Crippen molar-refractivity contribution in [1.29, 1.82) is 0 Å². The number of rotatable bonds is 3. The van der Waals surface area contributed by atoms with Crippen molar-refractivity contribution < 1.29 is 4.84 Å². The number of nitrogens with zero attached hydrogens (tertiary/aromatic N) is 1. The third-order valence-corrected chi connectivity index (χ3v) is 3.19. The standard InChI is InChI=1S/C15H17N2O/c1-2-18-17-11-10-16-15(17)14-9-5-7-12-6-3-4-8-13(12)14/h3-9,16H,2,10-11H2,1H3. The van der Waals surface area contributed by atoms with Gasteiger partial charge in [-0.1, -0.05) is 42.5 Å². The summed E-state index contributed by atoms with van der Waals surface area (Å²) in [7, 11) is 0. The molecule has 1 N–H and O–H groups in total. The van der Waals surface area contributed by atoms with Crippen molar-refractivity contribution >= 4 is 10.8 Å².